The van der Waals surface area contributed by atoms with E-state index in [1.165, 1.54) is 12.8 Å². The minimum Gasteiger partial charge on any atom is -0.462 e. The van der Waals surface area contributed by atoms with E-state index in [0.29, 0.717) is 13.0 Å². The lowest BCUT2D eigenvalue weighted by atomic mass is 10.3. The summed E-state index contributed by atoms with van der Waals surface area (Å²) in [7, 11) is 0. The fraction of sp³-hybridized carbons (Fsp3) is 0.895. The summed E-state index contributed by atoms with van der Waals surface area (Å²) in [5, 5.41) is 6.63. The average molecular weight is 496 g/mol. The Morgan fingerprint density at radius 3 is 2.63 bits per heavy atom. The predicted molar refractivity (Wildman–Crippen MR) is 119 cm³/mol. The number of halogens is 1. The van der Waals surface area contributed by atoms with Gasteiger partial charge in [-0.3, -0.25) is 14.7 Å². The third-order valence-electron chi connectivity index (χ3n) is 4.80. The van der Waals surface area contributed by atoms with Crippen molar-refractivity contribution in [3.8, 4) is 0 Å². The molecule has 2 rings (SSSR count). The first-order valence-corrected chi connectivity index (χ1v) is 10.3. The van der Waals surface area contributed by atoms with Crippen molar-refractivity contribution in [2.45, 2.75) is 58.0 Å². The summed E-state index contributed by atoms with van der Waals surface area (Å²) in [4.78, 5) is 18.8. The molecule has 1 saturated carbocycles. The molecule has 0 amide bonds. The summed E-state index contributed by atoms with van der Waals surface area (Å²) in [6.45, 7) is 9.27. The lowest BCUT2D eigenvalue weighted by molar-refractivity contribution is -0.148. The van der Waals surface area contributed by atoms with E-state index in [9.17, 15) is 4.79 Å². The summed E-state index contributed by atoms with van der Waals surface area (Å²) in [5.41, 5.74) is 0. The number of nitrogens with zero attached hydrogens (tertiary/aromatic N) is 2. The molecule has 0 spiro atoms. The Hall–Kier alpha value is -0.610. The van der Waals surface area contributed by atoms with E-state index in [2.05, 4.69) is 27.4 Å². The highest BCUT2D eigenvalue weighted by Crippen LogP contribution is 2.21. The van der Waals surface area contributed by atoms with Crippen LogP contribution in [0.3, 0.4) is 0 Å². The highest BCUT2D eigenvalue weighted by atomic mass is 127. The Balaban J connectivity index is 0.00000364. The van der Waals surface area contributed by atoms with Crippen LogP contribution in [0, 0.1) is 0 Å². The van der Waals surface area contributed by atoms with Gasteiger partial charge in [-0.2, -0.15) is 0 Å². The number of morpholine rings is 1. The van der Waals surface area contributed by atoms with Crippen molar-refractivity contribution in [2.24, 2.45) is 4.99 Å². The molecule has 1 saturated heterocycles. The zero-order valence-corrected chi connectivity index (χ0v) is 19.0. The number of rotatable bonds is 10. The molecule has 8 heteroatoms. The molecule has 2 N–H and O–H groups in total. The number of carbonyl (C=O) groups excluding carboxylic acids is 1. The van der Waals surface area contributed by atoms with Gasteiger partial charge in [0.15, 0.2) is 5.96 Å². The van der Waals surface area contributed by atoms with Gasteiger partial charge in [-0.1, -0.05) is 0 Å². The van der Waals surface area contributed by atoms with Crippen LogP contribution in [0.1, 0.15) is 51.9 Å². The van der Waals surface area contributed by atoms with Crippen LogP contribution in [0.25, 0.3) is 0 Å². The van der Waals surface area contributed by atoms with E-state index in [1.807, 2.05) is 0 Å². The van der Waals surface area contributed by atoms with Crippen molar-refractivity contribution in [1.29, 1.82) is 0 Å². The van der Waals surface area contributed by atoms with E-state index < -0.39 is 0 Å². The van der Waals surface area contributed by atoms with Gasteiger partial charge in [0, 0.05) is 39.1 Å². The monoisotopic (exact) mass is 496 g/mol. The standard InChI is InChI=1S/C19H36N4O3.HI/c1-2-20-19(22-11-6-12-23-13-15-25-16-14-23)21-10-5-9-18(24)26-17-7-3-4-8-17;/h17H,2-16H2,1H3,(H2,20,21,22);1H. The van der Waals surface area contributed by atoms with E-state index in [1.54, 1.807) is 0 Å². The molecule has 0 aromatic heterocycles. The van der Waals surface area contributed by atoms with Crippen molar-refractivity contribution >= 4 is 35.9 Å². The van der Waals surface area contributed by atoms with Gasteiger partial charge in [0.25, 0.3) is 0 Å². The molecule has 0 atom stereocenters. The third-order valence-corrected chi connectivity index (χ3v) is 4.80. The second-order valence-electron chi connectivity index (χ2n) is 6.99. The summed E-state index contributed by atoms with van der Waals surface area (Å²) < 4.78 is 10.8. The molecule has 7 nitrogen and oxygen atoms in total. The Labute approximate surface area is 181 Å². The van der Waals surface area contributed by atoms with Crippen molar-refractivity contribution < 1.29 is 14.3 Å². The first-order chi connectivity index (χ1) is 12.8. The van der Waals surface area contributed by atoms with Crippen molar-refractivity contribution in [3.63, 3.8) is 0 Å². The molecule has 1 aliphatic heterocycles. The molecule has 0 bridgehead atoms. The molecule has 0 aromatic carbocycles. The van der Waals surface area contributed by atoms with Crippen LogP contribution in [-0.2, 0) is 14.3 Å². The van der Waals surface area contributed by atoms with E-state index in [4.69, 9.17) is 9.47 Å². The number of guanidine groups is 1. The minimum atomic E-state index is -0.0735. The molecule has 2 aliphatic rings. The summed E-state index contributed by atoms with van der Waals surface area (Å²) in [6, 6.07) is 0. The number of ether oxygens (including phenoxy) is 2. The first kappa shape index (κ1) is 24.4. The SMILES string of the molecule is CCNC(=NCCCC(=O)OC1CCCC1)NCCCN1CCOCC1.I. The quantitative estimate of drug-likeness (QED) is 0.159. The number of nitrogens with one attached hydrogen (secondary N) is 2. The Morgan fingerprint density at radius 1 is 1.19 bits per heavy atom. The van der Waals surface area contributed by atoms with Crippen LogP contribution < -0.4 is 10.6 Å². The maximum absolute atomic E-state index is 11.8. The molecule has 1 heterocycles. The molecule has 1 aliphatic carbocycles. The Kier molecular flexibility index (Phi) is 13.9. The minimum absolute atomic E-state index is 0. The summed E-state index contributed by atoms with van der Waals surface area (Å²) in [5.74, 6) is 0.759. The summed E-state index contributed by atoms with van der Waals surface area (Å²) in [6.07, 6.45) is 6.86. The van der Waals surface area contributed by atoms with Crippen LogP contribution in [0.15, 0.2) is 4.99 Å². The van der Waals surface area contributed by atoms with Crippen LogP contribution in [-0.4, -0.2) is 75.4 Å². The topological polar surface area (TPSA) is 75.2 Å². The maximum Gasteiger partial charge on any atom is 0.306 e. The predicted octanol–water partition coefficient (Wildman–Crippen LogP) is 2.15. The second-order valence-corrected chi connectivity index (χ2v) is 6.99. The molecule has 0 radical (unpaired) electrons. The van der Waals surface area contributed by atoms with Crippen LogP contribution >= 0.6 is 24.0 Å². The second kappa shape index (κ2) is 15.3. The number of hydrogen-bond donors (Lipinski definition) is 2. The van der Waals surface area contributed by atoms with Crippen molar-refractivity contribution in [3.05, 3.63) is 0 Å². The third kappa shape index (κ3) is 11.1. The Morgan fingerprint density at radius 2 is 1.93 bits per heavy atom. The van der Waals surface area contributed by atoms with Gasteiger partial charge in [0.2, 0.25) is 0 Å². The number of esters is 1. The van der Waals surface area contributed by atoms with Crippen molar-refractivity contribution in [2.75, 3.05) is 52.5 Å². The molecule has 158 valence electrons. The van der Waals surface area contributed by atoms with Gasteiger partial charge in [0.05, 0.1) is 13.2 Å². The van der Waals surface area contributed by atoms with Gasteiger partial charge >= 0.3 is 5.97 Å². The van der Waals surface area contributed by atoms with Gasteiger partial charge in [-0.25, -0.2) is 0 Å². The average Bonchev–Trinajstić information content (AvgIpc) is 3.16. The number of aliphatic imine (C=N–C) groups is 1. The molecule has 27 heavy (non-hydrogen) atoms. The number of hydrogen-bond acceptors (Lipinski definition) is 5. The zero-order chi connectivity index (χ0) is 18.5. The maximum atomic E-state index is 11.8. The van der Waals surface area contributed by atoms with Gasteiger partial charge < -0.3 is 20.1 Å². The molecular formula is C19H37IN4O3. The highest BCUT2D eigenvalue weighted by molar-refractivity contribution is 14.0. The lowest BCUT2D eigenvalue weighted by Crippen LogP contribution is -2.40. The molecular weight excluding hydrogens is 459 g/mol. The van der Waals surface area contributed by atoms with Gasteiger partial charge in [0.1, 0.15) is 6.10 Å². The van der Waals surface area contributed by atoms with Crippen LogP contribution in [0.2, 0.25) is 0 Å². The van der Waals surface area contributed by atoms with Crippen molar-refractivity contribution in [1.82, 2.24) is 15.5 Å². The van der Waals surface area contributed by atoms with Gasteiger partial charge in [-0.05, 0) is 52.0 Å². The lowest BCUT2D eigenvalue weighted by Gasteiger charge is -2.26. The van der Waals surface area contributed by atoms with Gasteiger partial charge in [-0.15, -0.1) is 24.0 Å². The molecule has 0 unspecified atom stereocenters. The smallest absolute Gasteiger partial charge is 0.306 e. The first-order valence-electron chi connectivity index (χ1n) is 10.3. The normalized spacial score (nSPS) is 18.8. The zero-order valence-electron chi connectivity index (χ0n) is 16.7. The van der Waals surface area contributed by atoms with E-state index in [0.717, 1.165) is 77.6 Å². The number of carbonyl (C=O) groups is 1. The van der Waals surface area contributed by atoms with Crippen LogP contribution in [0.5, 0.6) is 0 Å². The fourth-order valence-electron chi connectivity index (χ4n) is 3.34. The Bertz CT molecular complexity index is 425. The largest absolute Gasteiger partial charge is 0.462 e. The van der Waals surface area contributed by atoms with Crippen LogP contribution in [0.4, 0.5) is 0 Å². The fourth-order valence-corrected chi connectivity index (χ4v) is 3.34. The highest BCUT2D eigenvalue weighted by Gasteiger charge is 2.18. The van der Waals surface area contributed by atoms with E-state index >= 15 is 0 Å². The molecule has 2 fully saturated rings. The van der Waals surface area contributed by atoms with E-state index in [-0.39, 0.29) is 36.0 Å². The molecule has 0 aromatic rings. The summed E-state index contributed by atoms with van der Waals surface area (Å²) >= 11 is 0.